The fourth-order valence-corrected chi connectivity index (χ4v) is 2.43. The second kappa shape index (κ2) is 4.90. The van der Waals surface area contributed by atoms with Crippen molar-refractivity contribution in [2.75, 3.05) is 19.0 Å². The van der Waals surface area contributed by atoms with Crippen molar-refractivity contribution in [1.29, 1.82) is 0 Å². The van der Waals surface area contributed by atoms with Crippen molar-refractivity contribution in [2.24, 2.45) is 0 Å². The van der Waals surface area contributed by atoms with E-state index in [1.165, 1.54) is 0 Å². The van der Waals surface area contributed by atoms with Crippen LogP contribution in [0, 0.1) is 6.92 Å². The molecule has 0 spiro atoms. The van der Waals surface area contributed by atoms with Gasteiger partial charge in [-0.1, -0.05) is 0 Å². The SMILES string of the molecule is Cc1[nH]ncc1C(=O)N1CC(CCl)OC(C)(C)C1. The molecule has 0 radical (unpaired) electrons. The van der Waals surface area contributed by atoms with Crippen molar-refractivity contribution in [2.45, 2.75) is 32.5 Å². The molecule has 0 saturated carbocycles. The molecule has 6 heteroatoms. The Morgan fingerprint density at radius 2 is 2.44 bits per heavy atom. The van der Waals surface area contributed by atoms with Gasteiger partial charge in [-0.25, -0.2) is 0 Å². The van der Waals surface area contributed by atoms with Crippen molar-refractivity contribution in [3.8, 4) is 0 Å². The van der Waals surface area contributed by atoms with Crippen molar-refractivity contribution in [1.82, 2.24) is 15.1 Å². The molecule has 1 N–H and O–H groups in total. The minimum Gasteiger partial charge on any atom is -0.367 e. The van der Waals surface area contributed by atoms with Gasteiger partial charge < -0.3 is 9.64 Å². The average molecular weight is 272 g/mol. The molecular weight excluding hydrogens is 254 g/mol. The van der Waals surface area contributed by atoms with Crippen LogP contribution in [-0.2, 0) is 4.74 Å². The largest absolute Gasteiger partial charge is 0.367 e. The maximum atomic E-state index is 12.4. The number of nitrogens with one attached hydrogen (secondary N) is 1. The molecule has 0 bridgehead atoms. The molecule has 1 saturated heterocycles. The number of carbonyl (C=O) groups is 1. The molecule has 0 aromatic carbocycles. The molecular formula is C12H18ClN3O2. The third-order valence-electron chi connectivity index (χ3n) is 3.00. The molecule has 1 atom stereocenters. The average Bonchev–Trinajstić information content (AvgIpc) is 2.72. The summed E-state index contributed by atoms with van der Waals surface area (Å²) >= 11 is 5.85. The maximum Gasteiger partial charge on any atom is 0.257 e. The smallest absolute Gasteiger partial charge is 0.257 e. The molecule has 1 fully saturated rings. The number of hydrogen-bond donors (Lipinski definition) is 1. The van der Waals surface area contributed by atoms with E-state index in [4.69, 9.17) is 16.3 Å². The lowest BCUT2D eigenvalue weighted by atomic mass is 10.0. The van der Waals surface area contributed by atoms with E-state index in [-0.39, 0.29) is 17.6 Å². The summed E-state index contributed by atoms with van der Waals surface area (Å²) in [6.07, 6.45) is 1.45. The van der Waals surface area contributed by atoms with E-state index < -0.39 is 0 Å². The first-order valence-electron chi connectivity index (χ1n) is 5.96. The second-order valence-corrected chi connectivity index (χ2v) is 5.56. The predicted molar refractivity (Wildman–Crippen MR) is 68.9 cm³/mol. The zero-order chi connectivity index (χ0) is 13.3. The molecule has 5 nitrogen and oxygen atoms in total. The van der Waals surface area contributed by atoms with Gasteiger partial charge in [0.05, 0.1) is 29.3 Å². The minimum absolute atomic E-state index is 0.0206. The van der Waals surface area contributed by atoms with E-state index in [0.29, 0.717) is 24.5 Å². The van der Waals surface area contributed by atoms with Gasteiger partial charge in [0, 0.05) is 18.8 Å². The van der Waals surface area contributed by atoms with Gasteiger partial charge in [0.2, 0.25) is 0 Å². The molecule has 1 amide bonds. The van der Waals surface area contributed by atoms with Crippen LogP contribution in [0.1, 0.15) is 29.9 Å². The standard InChI is InChI=1S/C12H18ClN3O2/c1-8-10(5-14-15-8)11(17)16-6-9(4-13)18-12(2,3)7-16/h5,9H,4,6-7H2,1-3H3,(H,14,15). The van der Waals surface area contributed by atoms with Crippen LogP contribution < -0.4 is 0 Å². The highest BCUT2D eigenvalue weighted by Crippen LogP contribution is 2.23. The van der Waals surface area contributed by atoms with E-state index in [1.54, 1.807) is 11.1 Å². The number of H-pyrrole nitrogens is 1. The van der Waals surface area contributed by atoms with Crippen LogP contribution >= 0.6 is 11.6 Å². The Balaban J connectivity index is 2.17. The van der Waals surface area contributed by atoms with Crippen LogP contribution in [0.3, 0.4) is 0 Å². The summed E-state index contributed by atoms with van der Waals surface area (Å²) in [7, 11) is 0. The summed E-state index contributed by atoms with van der Waals surface area (Å²) in [5.41, 5.74) is 1.03. The quantitative estimate of drug-likeness (QED) is 0.831. The first kappa shape index (κ1) is 13.4. The third kappa shape index (κ3) is 2.67. The number of hydrogen-bond acceptors (Lipinski definition) is 3. The number of carbonyl (C=O) groups excluding carboxylic acids is 1. The molecule has 0 aliphatic carbocycles. The first-order valence-corrected chi connectivity index (χ1v) is 6.49. The molecule has 2 rings (SSSR count). The van der Waals surface area contributed by atoms with Gasteiger partial charge in [0.15, 0.2) is 0 Å². The van der Waals surface area contributed by atoms with Crippen LogP contribution in [0.25, 0.3) is 0 Å². The monoisotopic (exact) mass is 271 g/mol. The van der Waals surface area contributed by atoms with Crippen LogP contribution in [0.4, 0.5) is 0 Å². The van der Waals surface area contributed by atoms with Crippen molar-refractivity contribution in [3.05, 3.63) is 17.5 Å². The number of ether oxygens (including phenoxy) is 1. The topological polar surface area (TPSA) is 58.2 Å². The van der Waals surface area contributed by atoms with Gasteiger partial charge >= 0.3 is 0 Å². The van der Waals surface area contributed by atoms with Crippen LogP contribution in [0.2, 0.25) is 0 Å². The van der Waals surface area contributed by atoms with Crippen molar-refractivity contribution < 1.29 is 9.53 Å². The molecule has 1 aromatic heterocycles. The summed E-state index contributed by atoms with van der Waals surface area (Å²) in [6.45, 7) is 6.85. The lowest BCUT2D eigenvalue weighted by Gasteiger charge is -2.42. The molecule has 1 aliphatic rings. The molecule has 1 aromatic rings. The Labute approximate surface area is 111 Å². The summed E-state index contributed by atoms with van der Waals surface area (Å²) in [4.78, 5) is 14.2. The molecule has 100 valence electrons. The number of rotatable bonds is 2. The van der Waals surface area contributed by atoms with E-state index in [0.717, 1.165) is 5.69 Å². The van der Waals surface area contributed by atoms with Gasteiger partial charge in [-0.2, -0.15) is 5.10 Å². The van der Waals surface area contributed by atoms with Crippen LogP contribution in [-0.4, -0.2) is 51.7 Å². The lowest BCUT2D eigenvalue weighted by molar-refractivity contribution is -0.117. The highest BCUT2D eigenvalue weighted by Gasteiger charge is 2.36. The maximum absolute atomic E-state index is 12.4. The fraction of sp³-hybridized carbons (Fsp3) is 0.667. The lowest BCUT2D eigenvalue weighted by Crippen LogP contribution is -2.55. The highest BCUT2D eigenvalue weighted by molar-refractivity contribution is 6.18. The summed E-state index contributed by atoms with van der Waals surface area (Å²) in [5, 5.41) is 6.66. The number of aryl methyl sites for hydroxylation is 1. The number of halogens is 1. The van der Waals surface area contributed by atoms with Crippen molar-refractivity contribution in [3.63, 3.8) is 0 Å². The number of aromatic amines is 1. The van der Waals surface area contributed by atoms with Gasteiger partial charge in [0.1, 0.15) is 0 Å². The normalized spacial score (nSPS) is 23.1. The van der Waals surface area contributed by atoms with Crippen molar-refractivity contribution >= 4 is 17.5 Å². The number of nitrogens with zero attached hydrogens (tertiary/aromatic N) is 2. The second-order valence-electron chi connectivity index (χ2n) is 5.25. The Bertz CT molecular complexity index is 444. The summed E-state index contributed by atoms with van der Waals surface area (Å²) < 4.78 is 5.80. The fourth-order valence-electron chi connectivity index (χ4n) is 2.27. The number of alkyl halides is 1. The number of morpholine rings is 1. The zero-order valence-electron chi connectivity index (χ0n) is 10.9. The van der Waals surface area contributed by atoms with E-state index >= 15 is 0 Å². The Kier molecular flexibility index (Phi) is 3.64. The zero-order valence-corrected chi connectivity index (χ0v) is 11.6. The Morgan fingerprint density at radius 3 is 3.00 bits per heavy atom. The van der Waals surface area contributed by atoms with Gasteiger partial charge in [-0.05, 0) is 20.8 Å². The highest BCUT2D eigenvalue weighted by atomic mass is 35.5. The summed E-state index contributed by atoms with van der Waals surface area (Å²) in [6, 6.07) is 0. The Hall–Kier alpha value is -1.07. The predicted octanol–water partition coefficient (Wildman–Crippen LogP) is 1.58. The summed E-state index contributed by atoms with van der Waals surface area (Å²) in [5.74, 6) is 0.366. The molecule has 1 unspecified atom stereocenters. The van der Waals surface area contributed by atoms with E-state index in [2.05, 4.69) is 10.2 Å². The molecule has 1 aliphatic heterocycles. The number of amides is 1. The van der Waals surface area contributed by atoms with Gasteiger partial charge in [-0.15, -0.1) is 11.6 Å². The Morgan fingerprint density at radius 1 is 1.72 bits per heavy atom. The third-order valence-corrected chi connectivity index (χ3v) is 3.35. The van der Waals surface area contributed by atoms with Gasteiger partial charge in [-0.3, -0.25) is 9.89 Å². The first-order chi connectivity index (χ1) is 8.43. The number of aromatic nitrogens is 2. The van der Waals surface area contributed by atoms with Crippen LogP contribution in [0.15, 0.2) is 6.20 Å². The van der Waals surface area contributed by atoms with Crippen LogP contribution in [0.5, 0.6) is 0 Å². The molecule has 2 heterocycles. The van der Waals surface area contributed by atoms with Gasteiger partial charge in [0.25, 0.3) is 5.91 Å². The molecule has 18 heavy (non-hydrogen) atoms. The van der Waals surface area contributed by atoms with E-state index in [1.807, 2.05) is 20.8 Å². The van der Waals surface area contributed by atoms with E-state index in [9.17, 15) is 4.79 Å². The minimum atomic E-state index is -0.370.